The Kier molecular flexibility index (Phi) is 4.43. The van der Waals surface area contributed by atoms with Crippen LogP contribution < -0.4 is 10.6 Å². The van der Waals surface area contributed by atoms with Gasteiger partial charge in [0.1, 0.15) is 6.04 Å². The average molecular weight is 261 g/mol. The van der Waals surface area contributed by atoms with Crippen LogP contribution in [0.4, 0.5) is 5.69 Å². The molecule has 4 heteroatoms. The van der Waals surface area contributed by atoms with Crippen molar-refractivity contribution in [1.82, 2.24) is 10.2 Å². The Labute approximate surface area is 115 Å². The van der Waals surface area contributed by atoms with Crippen molar-refractivity contribution in [2.24, 2.45) is 0 Å². The van der Waals surface area contributed by atoms with E-state index in [1.807, 2.05) is 32.3 Å². The highest BCUT2D eigenvalue weighted by Crippen LogP contribution is 2.24. The molecular weight excluding hydrogens is 238 g/mol. The third kappa shape index (κ3) is 3.47. The lowest BCUT2D eigenvalue weighted by molar-refractivity contribution is -0.122. The first-order valence-electron chi connectivity index (χ1n) is 6.86. The Bertz CT molecular complexity index is 445. The van der Waals surface area contributed by atoms with Crippen molar-refractivity contribution in [2.75, 3.05) is 26.0 Å². The van der Waals surface area contributed by atoms with Crippen LogP contribution in [-0.2, 0) is 11.2 Å². The van der Waals surface area contributed by atoms with Gasteiger partial charge in [0, 0.05) is 18.3 Å². The number of rotatable bonds is 4. The fourth-order valence-electron chi connectivity index (χ4n) is 2.19. The Morgan fingerprint density at radius 3 is 2.95 bits per heavy atom. The number of amides is 1. The summed E-state index contributed by atoms with van der Waals surface area (Å²) in [6.45, 7) is 2.79. The van der Waals surface area contributed by atoms with Crippen LogP contribution in [-0.4, -0.2) is 43.5 Å². The number of nitrogens with one attached hydrogen (secondary N) is 2. The first-order chi connectivity index (χ1) is 9.08. The van der Waals surface area contributed by atoms with Gasteiger partial charge in [0.25, 0.3) is 0 Å². The van der Waals surface area contributed by atoms with Gasteiger partial charge in [-0.2, -0.15) is 0 Å². The van der Waals surface area contributed by atoms with E-state index in [4.69, 9.17) is 0 Å². The van der Waals surface area contributed by atoms with Crippen LogP contribution in [0.1, 0.15) is 18.9 Å². The van der Waals surface area contributed by atoms with Crippen LogP contribution in [0, 0.1) is 0 Å². The molecule has 0 aromatic heterocycles. The van der Waals surface area contributed by atoms with Gasteiger partial charge in [-0.05, 0) is 45.5 Å². The molecule has 4 nitrogen and oxygen atoms in total. The number of anilines is 1. The number of carbonyl (C=O) groups excluding carboxylic acids is 1. The number of benzene rings is 1. The smallest absolute Gasteiger partial charge is 0.242 e. The second-order valence-electron chi connectivity index (χ2n) is 5.45. The van der Waals surface area contributed by atoms with Crippen LogP contribution in [0.25, 0.3) is 0 Å². The van der Waals surface area contributed by atoms with E-state index in [0.717, 1.165) is 18.5 Å². The minimum Gasteiger partial charge on any atom is -0.373 e. The number of nitrogens with zero attached hydrogens (tertiary/aromatic N) is 1. The van der Waals surface area contributed by atoms with Crippen LogP contribution in [0.15, 0.2) is 24.3 Å². The molecule has 104 valence electrons. The largest absolute Gasteiger partial charge is 0.373 e. The van der Waals surface area contributed by atoms with Crippen LogP contribution >= 0.6 is 0 Å². The lowest BCUT2D eigenvalue weighted by atomic mass is 9.97. The van der Waals surface area contributed by atoms with Crippen molar-refractivity contribution in [3.63, 3.8) is 0 Å². The Balaban J connectivity index is 1.89. The molecule has 0 saturated heterocycles. The quantitative estimate of drug-likeness (QED) is 0.863. The van der Waals surface area contributed by atoms with Crippen molar-refractivity contribution in [2.45, 2.75) is 31.8 Å². The molecule has 19 heavy (non-hydrogen) atoms. The highest BCUT2D eigenvalue weighted by molar-refractivity contribution is 5.85. The zero-order chi connectivity index (χ0) is 13.8. The highest BCUT2D eigenvalue weighted by atomic mass is 16.2. The van der Waals surface area contributed by atoms with Gasteiger partial charge in [0.05, 0.1) is 0 Å². The minimum atomic E-state index is -0.107. The van der Waals surface area contributed by atoms with Gasteiger partial charge in [-0.1, -0.05) is 18.2 Å². The van der Waals surface area contributed by atoms with E-state index in [9.17, 15) is 4.79 Å². The summed E-state index contributed by atoms with van der Waals surface area (Å²) in [6.07, 6.45) is 1.82. The van der Waals surface area contributed by atoms with Gasteiger partial charge in [0.2, 0.25) is 5.91 Å². The number of likely N-dealkylation sites (N-methyl/N-ethyl adjacent to an activating group) is 1. The van der Waals surface area contributed by atoms with Gasteiger partial charge >= 0.3 is 0 Å². The molecule has 2 rings (SSSR count). The molecule has 0 bridgehead atoms. The number of hydrogen-bond acceptors (Lipinski definition) is 3. The molecule has 2 N–H and O–H groups in total. The second kappa shape index (κ2) is 6.06. The SMILES string of the molecule is CC(CNC(=O)C1CCc2ccccc2N1)N(C)C. The molecular formula is C15H23N3O. The fourth-order valence-corrected chi connectivity index (χ4v) is 2.19. The first-order valence-corrected chi connectivity index (χ1v) is 6.86. The summed E-state index contributed by atoms with van der Waals surface area (Å²) < 4.78 is 0. The number of hydrogen-bond donors (Lipinski definition) is 2. The predicted molar refractivity (Wildman–Crippen MR) is 78.3 cm³/mol. The summed E-state index contributed by atoms with van der Waals surface area (Å²) in [4.78, 5) is 14.2. The molecule has 2 atom stereocenters. The van der Waals surface area contributed by atoms with E-state index in [1.54, 1.807) is 0 Å². The number of aryl methyl sites for hydroxylation is 1. The molecule has 1 amide bonds. The monoisotopic (exact) mass is 261 g/mol. The Morgan fingerprint density at radius 1 is 1.47 bits per heavy atom. The lowest BCUT2D eigenvalue weighted by Gasteiger charge is -2.27. The molecule has 1 aliphatic heterocycles. The van der Waals surface area contributed by atoms with Crippen LogP contribution in [0.5, 0.6) is 0 Å². The van der Waals surface area contributed by atoms with E-state index in [0.29, 0.717) is 12.6 Å². The number of carbonyl (C=O) groups is 1. The van der Waals surface area contributed by atoms with Crippen molar-refractivity contribution < 1.29 is 4.79 Å². The standard InChI is InChI=1S/C15H23N3O/c1-11(18(2)3)10-16-15(19)14-9-8-12-6-4-5-7-13(12)17-14/h4-7,11,14,17H,8-10H2,1-3H3,(H,16,19). The number of para-hydroxylation sites is 1. The molecule has 1 heterocycles. The van der Waals surface area contributed by atoms with Gasteiger partial charge in [0.15, 0.2) is 0 Å². The molecule has 1 aromatic rings. The van der Waals surface area contributed by atoms with E-state index in [2.05, 4.69) is 28.5 Å². The second-order valence-corrected chi connectivity index (χ2v) is 5.45. The van der Waals surface area contributed by atoms with Crippen LogP contribution in [0.3, 0.4) is 0 Å². The Morgan fingerprint density at radius 2 is 2.21 bits per heavy atom. The molecule has 2 unspecified atom stereocenters. The third-order valence-electron chi connectivity index (χ3n) is 3.82. The molecule has 0 aliphatic carbocycles. The highest BCUT2D eigenvalue weighted by Gasteiger charge is 2.23. The lowest BCUT2D eigenvalue weighted by Crippen LogP contribution is -2.46. The zero-order valence-corrected chi connectivity index (χ0v) is 11.9. The maximum Gasteiger partial charge on any atom is 0.242 e. The van der Waals surface area contributed by atoms with Crippen molar-refractivity contribution >= 4 is 11.6 Å². The van der Waals surface area contributed by atoms with E-state index in [1.165, 1.54) is 5.56 Å². The molecule has 1 aliphatic rings. The summed E-state index contributed by atoms with van der Waals surface area (Å²) in [7, 11) is 4.04. The van der Waals surface area contributed by atoms with Crippen LogP contribution in [0.2, 0.25) is 0 Å². The summed E-state index contributed by atoms with van der Waals surface area (Å²) in [5.41, 5.74) is 2.39. The maximum atomic E-state index is 12.1. The predicted octanol–water partition coefficient (Wildman–Crippen LogP) is 1.48. The summed E-state index contributed by atoms with van der Waals surface area (Å²) in [5, 5.41) is 6.35. The van der Waals surface area contributed by atoms with Crippen molar-refractivity contribution in [3.8, 4) is 0 Å². The maximum absolute atomic E-state index is 12.1. The molecule has 0 saturated carbocycles. The van der Waals surface area contributed by atoms with Gasteiger partial charge in [-0.3, -0.25) is 4.79 Å². The van der Waals surface area contributed by atoms with E-state index >= 15 is 0 Å². The summed E-state index contributed by atoms with van der Waals surface area (Å²) >= 11 is 0. The van der Waals surface area contributed by atoms with E-state index in [-0.39, 0.29) is 11.9 Å². The minimum absolute atomic E-state index is 0.100. The van der Waals surface area contributed by atoms with E-state index < -0.39 is 0 Å². The van der Waals surface area contributed by atoms with Gasteiger partial charge < -0.3 is 15.5 Å². The van der Waals surface area contributed by atoms with Gasteiger partial charge in [-0.15, -0.1) is 0 Å². The first kappa shape index (κ1) is 13.9. The normalized spacial score (nSPS) is 19.5. The summed E-state index contributed by atoms with van der Waals surface area (Å²) in [5.74, 6) is 0.100. The van der Waals surface area contributed by atoms with Crippen molar-refractivity contribution in [3.05, 3.63) is 29.8 Å². The topological polar surface area (TPSA) is 44.4 Å². The molecule has 0 fully saturated rings. The zero-order valence-electron chi connectivity index (χ0n) is 11.9. The van der Waals surface area contributed by atoms with Crippen molar-refractivity contribution in [1.29, 1.82) is 0 Å². The third-order valence-corrected chi connectivity index (χ3v) is 3.82. The Hall–Kier alpha value is -1.55. The van der Waals surface area contributed by atoms with Gasteiger partial charge in [-0.25, -0.2) is 0 Å². The summed E-state index contributed by atoms with van der Waals surface area (Å²) in [6, 6.07) is 8.44. The molecule has 0 spiro atoms. The fraction of sp³-hybridized carbons (Fsp3) is 0.533. The average Bonchev–Trinajstić information content (AvgIpc) is 2.43. The molecule has 1 aromatic carbocycles. The molecule has 0 radical (unpaired) electrons. The number of fused-ring (bicyclic) bond motifs is 1.